The van der Waals surface area contributed by atoms with Gasteiger partial charge in [-0.3, -0.25) is 4.90 Å². The summed E-state index contributed by atoms with van der Waals surface area (Å²) in [6.07, 6.45) is 2.99. The monoisotopic (exact) mass is 223 g/mol. The molecule has 0 amide bonds. The summed E-state index contributed by atoms with van der Waals surface area (Å²) in [5.74, 6) is 0. The Hall–Kier alpha value is -1.20. The second-order valence-electron chi connectivity index (χ2n) is 4.21. The van der Waals surface area contributed by atoms with Crippen LogP contribution >= 0.6 is 0 Å². The second-order valence-corrected chi connectivity index (χ2v) is 4.21. The van der Waals surface area contributed by atoms with Crippen LogP contribution in [-0.2, 0) is 11.2 Å². The Morgan fingerprint density at radius 3 is 3.00 bits per heavy atom. The highest BCUT2D eigenvalue weighted by molar-refractivity contribution is 5.14. The van der Waals surface area contributed by atoms with E-state index in [-0.39, 0.29) is 5.69 Å². The van der Waals surface area contributed by atoms with Gasteiger partial charge in [0.2, 0.25) is 0 Å². The minimum Gasteiger partial charge on any atom is -0.379 e. The number of aryl methyl sites for hydroxylation is 1. The molecule has 16 heavy (non-hydrogen) atoms. The van der Waals surface area contributed by atoms with Gasteiger partial charge in [0.05, 0.1) is 6.10 Å². The first-order chi connectivity index (χ1) is 7.69. The molecular weight excluding hydrogens is 206 g/mol. The first-order valence-electron chi connectivity index (χ1n) is 5.49. The average molecular weight is 223 g/mol. The van der Waals surface area contributed by atoms with Crippen LogP contribution in [0.4, 0.5) is 0 Å². The molecule has 5 nitrogen and oxygen atoms in total. The van der Waals surface area contributed by atoms with Crippen molar-refractivity contribution in [3.63, 3.8) is 0 Å². The molecule has 88 valence electrons. The SMILES string of the molecule is COC1CN(CCc2cnc(=O)[nH]c2C)C1. The molecule has 2 heterocycles. The second kappa shape index (κ2) is 4.76. The fourth-order valence-electron chi connectivity index (χ4n) is 1.89. The van der Waals surface area contributed by atoms with Crippen LogP contribution < -0.4 is 5.69 Å². The molecule has 1 aliphatic rings. The van der Waals surface area contributed by atoms with Gasteiger partial charge in [-0.05, 0) is 18.9 Å². The molecule has 0 spiro atoms. The number of methoxy groups -OCH3 is 1. The van der Waals surface area contributed by atoms with Crippen LogP contribution in [0.2, 0.25) is 0 Å². The van der Waals surface area contributed by atoms with Gasteiger partial charge in [-0.2, -0.15) is 0 Å². The van der Waals surface area contributed by atoms with E-state index in [1.165, 1.54) is 0 Å². The molecular formula is C11H17N3O2. The lowest BCUT2D eigenvalue weighted by Gasteiger charge is -2.38. The summed E-state index contributed by atoms with van der Waals surface area (Å²) >= 11 is 0. The smallest absolute Gasteiger partial charge is 0.345 e. The molecule has 0 atom stereocenters. The van der Waals surface area contributed by atoms with E-state index in [2.05, 4.69) is 14.9 Å². The predicted octanol–water partition coefficient (Wildman–Crippen LogP) is -0.0486. The summed E-state index contributed by atoms with van der Waals surface area (Å²) in [6, 6.07) is 0. The van der Waals surface area contributed by atoms with Gasteiger partial charge in [0, 0.05) is 38.6 Å². The van der Waals surface area contributed by atoms with Crippen LogP contribution in [0.5, 0.6) is 0 Å². The van der Waals surface area contributed by atoms with Crippen molar-refractivity contribution in [2.75, 3.05) is 26.7 Å². The zero-order valence-corrected chi connectivity index (χ0v) is 9.69. The largest absolute Gasteiger partial charge is 0.379 e. The van der Waals surface area contributed by atoms with Crippen LogP contribution in [0.3, 0.4) is 0 Å². The van der Waals surface area contributed by atoms with Crippen molar-refractivity contribution in [2.45, 2.75) is 19.4 Å². The predicted molar refractivity (Wildman–Crippen MR) is 60.5 cm³/mol. The Morgan fingerprint density at radius 1 is 1.62 bits per heavy atom. The number of nitrogens with one attached hydrogen (secondary N) is 1. The fourth-order valence-corrected chi connectivity index (χ4v) is 1.89. The van der Waals surface area contributed by atoms with Crippen LogP contribution in [0.25, 0.3) is 0 Å². The van der Waals surface area contributed by atoms with Crippen LogP contribution in [0, 0.1) is 6.92 Å². The van der Waals surface area contributed by atoms with Gasteiger partial charge in [-0.15, -0.1) is 0 Å². The molecule has 0 bridgehead atoms. The Bertz CT molecular complexity index is 410. The lowest BCUT2D eigenvalue weighted by Crippen LogP contribution is -2.52. The summed E-state index contributed by atoms with van der Waals surface area (Å²) < 4.78 is 5.21. The van der Waals surface area contributed by atoms with Crippen LogP contribution in [-0.4, -0.2) is 47.7 Å². The normalized spacial score (nSPS) is 17.4. The molecule has 1 N–H and O–H groups in total. The fraction of sp³-hybridized carbons (Fsp3) is 0.636. The van der Waals surface area contributed by atoms with Gasteiger partial charge in [-0.25, -0.2) is 9.78 Å². The minimum absolute atomic E-state index is 0.273. The number of H-pyrrole nitrogens is 1. The summed E-state index contributed by atoms with van der Waals surface area (Å²) in [7, 11) is 1.75. The van der Waals surface area contributed by atoms with E-state index in [1.807, 2.05) is 6.92 Å². The number of hydrogen-bond donors (Lipinski definition) is 1. The zero-order valence-electron chi connectivity index (χ0n) is 9.69. The highest BCUT2D eigenvalue weighted by Gasteiger charge is 2.25. The topological polar surface area (TPSA) is 58.2 Å². The van der Waals surface area contributed by atoms with Gasteiger partial charge in [0.25, 0.3) is 0 Å². The summed E-state index contributed by atoms with van der Waals surface area (Å²) in [6.45, 7) is 4.92. The zero-order chi connectivity index (χ0) is 11.5. The van der Waals surface area contributed by atoms with Crippen molar-refractivity contribution in [1.29, 1.82) is 0 Å². The third-order valence-electron chi connectivity index (χ3n) is 3.07. The Kier molecular flexibility index (Phi) is 3.36. The maximum Gasteiger partial charge on any atom is 0.345 e. The molecule has 0 aromatic carbocycles. The van der Waals surface area contributed by atoms with Crippen molar-refractivity contribution in [2.24, 2.45) is 0 Å². The van der Waals surface area contributed by atoms with Crippen LogP contribution in [0.15, 0.2) is 11.0 Å². The van der Waals surface area contributed by atoms with Gasteiger partial charge in [0.1, 0.15) is 0 Å². The third kappa shape index (κ3) is 2.48. The van der Waals surface area contributed by atoms with Gasteiger partial charge >= 0.3 is 5.69 Å². The maximum atomic E-state index is 10.9. The van der Waals surface area contributed by atoms with Gasteiger partial charge < -0.3 is 9.72 Å². The Labute approximate surface area is 94.5 Å². The highest BCUT2D eigenvalue weighted by atomic mass is 16.5. The molecule has 0 radical (unpaired) electrons. The number of aromatic amines is 1. The summed E-state index contributed by atoms with van der Waals surface area (Å²) in [5, 5.41) is 0. The van der Waals surface area contributed by atoms with Crippen molar-refractivity contribution in [3.8, 4) is 0 Å². The average Bonchev–Trinajstić information content (AvgIpc) is 2.18. The lowest BCUT2D eigenvalue weighted by atomic mass is 10.1. The number of likely N-dealkylation sites (tertiary alicyclic amines) is 1. The van der Waals surface area contributed by atoms with Crippen molar-refractivity contribution >= 4 is 0 Å². The van der Waals surface area contributed by atoms with Gasteiger partial charge in [-0.1, -0.05) is 0 Å². The van der Waals surface area contributed by atoms with E-state index in [0.29, 0.717) is 6.10 Å². The van der Waals surface area contributed by atoms with E-state index < -0.39 is 0 Å². The molecule has 1 fully saturated rings. The van der Waals surface area contributed by atoms with E-state index in [1.54, 1.807) is 13.3 Å². The Morgan fingerprint density at radius 2 is 2.38 bits per heavy atom. The number of nitrogens with zero attached hydrogens (tertiary/aromatic N) is 2. The first-order valence-corrected chi connectivity index (χ1v) is 5.49. The highest BCUT2D eigenvalue weighted by Crippen LogP contribution is 2.12. The minimum atomic E-state index is -0.273. The van der Waals surface area contributed by atoms with Crippen molar-refractivity contribution in [1.82, 2.24) is 14.9 Å². The standard InChI is InChI=1S/C11H17N3O2/c1-8-9(5-12-11(15)13-8)3-4-14-6-10(7-14)16-2/h5,10H,3-4,6-7H2,1-2H3,(H,12,13,15). The molecule has 5 heteroatoms. The molecule has 0 unspecified atom stereocenters. The molecule has 1 saturated heterocycles. The van der Waals surface area contributed by atoms with E-state index >= 15 is 0 Å². The molecule has 0 saturated carbocycles. The third-order valence-corrected chi connectivity index (χ3v) is 3.07. The van der Waals surface area contributed by atoms with E-state index in [9.17, 15) is 4.79 Å². The molecule has 1 aliphatic heterocycles. The number of hydrogen-bond acceptors (Lipinski definition) is 4. The quantitative estimate of drug-likeness (QED) is 0.777. The maximum absolute atomic E-state index is 10.9. The van der Waals surface area contributed by atoms with Crippen molar-refractivity contribution in [3.05, 3.63) is 27.9 Å². The molecule has 2 rings (SSSR count). The number of rotatable bonds is 4. The number of aromatic nitrogens is 2. The van der Waals surface area contributed by atoms with E-state index in [0.717, 1.165) is 37.3 Å². The number of ether oxygens (including phenoxy) is 1. The Balaban J connectivity index is 1.84. The molecule has 1 aromatic rings. The van der Waals surface area contributed by atoms with Crippen LogP contribution in [0.1, 0.15) is 11.3 Å². The van der Waals surface area contributed by atoms with Gasteiger partial charge in [0.15, 0.2) is 0 Å². The first kappa shape index (κ1) is 11.3. The molecule has 1 aromatic heterocycles. The van der Waals surface area contributed by atoms with E-state index in [4.69, 9.17) is 4.74 Å². The summed E-state index contributed by atoms with van der Waals surface area (Å²) in [5.41, 5.74) is 1.76. The van der Waals surface area contributed by atoms with Crippen molar-refractivity contribution < 1.29 is 4.74 Å². The molecule has 0 aliphatic carbocycles. The summed E-state index contributed by atoms with van der Waals surface area (Å²) in [4.78, 5) is 19.7. The lowest BCUT2D eigenvalue weighted by molar-refractivity contribution is -0.0284.